The summed E-state index contributed by atoms with van der Waals surface area (Å²) in [7, 11) is -4.92. The summed E-state index contributed by atoms with van der Waals surface area (Å²) in [6.45, 7) is 5.42. The van der Waals surface area contributed by atoms with Gasteiger partial charge in [-0.2, -0.15) is 4.31 Å². The van der Waals surface area contributed by atoms with Gasteiger partial charge in [0.2, 0.25) is 0 Å². The maximum Gasteiger partial charge on any atom is 0.261 e. The molecule has 1 aliphatic rings. The molecule has 0 aliphatic carbocycles. The molecule has 1 aromatic heterocycles. The Morgan fingerprint density at radius 3 is 2.48 bits per heavy atom. The minimum Gasteiger partial charge on any atom is -0.490 e. The summed E-state index contributed by atoms with van der Waals surface area (Å²) in [6, 6.07) is 8.05. The Labute approximate surface area is 281 Å². The summed E-state index contributed by atoms with van der Waals surface area (Å²) in [4.78, 5) is 19.6. The van der Waals surface area contributed by atoms with Crippen LogP contribution in [-0.4, -0.2) is 98.2 Å². The SMILES string of the molecule is C[C@H](CO)N1C[C@H](C)[C@H](CN(C)S(=O)(=O)c2cn(C)cn2)OCCCC[C@H](C)Oc2ccc(NS(=O)(=O)c3ccc(F)cc3)cc2C1=O. The average Bonchev–Trinajstić information content (AvgIpc) is 3.49. The maximum absolute atomic E-state index is 14.3. The van der Waals surface area contributed by atoms with Crippen LogP contribution in [0.3, 0.4) is 0 Å². The van der Waals surface area contributed by atoms with Crippen molar-refractivity contribution in [3.8, 4) is 5.75 Å². The molecule has 264 valence electrons. The number of anilines is 1. The first-order chi connectivity index (χ1) is 22.6. The fourth-order valence-electron chi connectivity index (χ4n) is 5.31. The lowest BCUT2D eigenvalue weighted by atomic mass is 10.0. The van der Waals surface area contributed by atoms with E-state index in [0.717, 1.165) is 30.7 Å². The van der Waals surface area contributed by atoms with E-state index in [1.807, 2.05) is 13.8 Å². The molecule has 1 amide bonds. The smallest absolute Gasteiger partial charge is 0.261 e. The van der Waals surface area contributed by atoms with Crippen LogP contribution in [0.4, 0.5) is 10.1 Å². The van der Waals surface area contributed by atoms with Crippen molar-refractivity contribution in [2.24, 2.45) is 13.0 Å². The Morgan fingerprint density at radius 2 is 1.83 bits per heavy atom. The fourth-order valence-corrected chi connectivity index (χ4v) is 7.50. The number of benzene rings is 2. The minimum atomic E-state index is -4.13. The average molecular weight is 710 g/mol. The second-order valence-corrected chi connectivity index (χ2v) is 15.9. The number of aromatic nitrogens is 2. The summed E-state index contributed by atoms with van der Waals surface area (Å²) in [5, 5.41) is 10.1. The maximum atomic E-state index is 14.3. The van der Waals surface area contributed by atoms with Crippen LogP contribution in [0.2, 0.25) is 0 Å². The normalized spacial score (nSPS) is 20.9. The Balaban J connectivity index is 1.68. The van der Waals surface area contributed by atoms with Gasteiger partial charge in [0.25, 0.3) is 26.0 Å². The van der Waals surface area contributed by atoms with Crippen LogP contribution < -0.4 is 9.46 Å². The Bertz CT molecular complexity index is 1770. The number of amides is 1. The molecule has 16 heteroatoms. The molecule has 4 rings (SSSR count). The number of ether oxygens (including phenoxy) is 2. The van der Waals surface area contributed by atoms with Gasteiger partial charge in [0.05, 0.1) is 41.6 Å². The molecule has 13 nitrogen and oxygen atoms in total. The number of aryl methyl sites for hydroxylation is 1. The molecule has 4 atom stereocenters. The number of aliphatic hydroxyl groups is 1. The summed E-state index contributed by atoms with van der Waals surface area (Å²) in [5.41, 5.74) is 0.147. The summed E-state index contributed by atoms with van der Waals surface area (Å²) < 4.78 is 83.8. The van der Waals surface area contributed by atoms with E-state index in [9.17, 15) is 31.1 Å². The predicted octanol–water partition coefficient (Wildman–Crippen LogP) is 3.48. The molecule has 0 fully saturated rings. The third-order valence-electron chi connectivity index (χ3n) is 8.22. The summed E-state index contributed by atoms with van der Waals surface area (Å²) in [6.07, 6.45) is 3.93. The molecule has 0 radical (unpaired) electrons. The first kappa shape index (κ1) is 37.3. The van der Waals surface area contributed by atoms with Crippen LogP contribution in [-0.2, 0) is 31.8 Å². The van der Waals surface area contributed by atoms with E-state index in [0.29, 0.717) is 19.4 Å². The van der Waals surface area contributed by atoms with Gasteiger partial charge in [-0.1, -0.05) is 6.92 Å². The molecule has 2 heterocycles. The van der Waals surface area contributed by atoms with E-state index >= 15 is 0 Å². The number of rotatable bonds is 9. The molecule has 1 aliphatic heterocycles. The van der Waals surface area contributed by atoms with Crippen molar-refractivity contribution in [3.05, 3.63) is 66.4 Å². The Kier molecular flexibility index (Phi) is 12.2. The number of carbonyl (C=O) groups excluding carboxylic acids is 1. The monoisotopic (exact) mass is 709 g/mol. The molecular weight excluding hydrogens is 666 g/mol. The molecule has 2 aromatic carbocycles. The van der Waals surface area contributed by atoms with E-state index in [4.69, 9.17) is 9.47 Å². The van der Waals surface area contributed by atoms with Crippen LogP contribution in [0.1, 0.15) is 50.4 Å². The molecule has 3 aromatic rings. The van der Waals surface area contributed by atoms with Crippen LogP contribution in [0, 0.1) is 11.7 Å². The second kappa shape index (κ2) is 15.8. The zero-order valence-electron chi connectivity index (χ0n) is 27.7. The first-order valence-corrected chi connectivity index (χ1v) is 18.6. The van der Waals surface area contributed by atoms with Crippen molar-refractivity contribution in [1.29, 1.82) is 0 Å². The number of hydrogen-bond donors (Lipinski definition) is 2. The number of carbonyl (C=O) groups is 1. The molecule has 2 N–H and O–H groups in total. The lowest BCUT2D eigenvalue weighted by molar-refractivity contribution is -0.00835. The van der Waals surface area contributed by atoms with Crippen LogP contribution >= 0.6 is 0 Å². The van der Waals surface area contributed by atoms with Gasteiger partial charge in [-0.3, -0.25) is 9.52 Å². The lowest BCUT2D eigenvalue weighted by Gasteiger charge is -2.35. The summed E-state index contributed by atoms with van der Waals surface area (Å²) in [5.74, 6) is -1.28. The van der Waals surface area contributed by atoms with Crippen molar-refractivity contribution in [3.63, 3.8) is 0 Å². The van der Waals surface area contributed by atoms with E-state index in [1.165, 1.54) is 47.0 Å². The number of nitrogens with one attached hydrogen (secondary N) is 1. The second-order valence-electron chi connectivity index (χ2n) is 12.2. The van der Waals surface area contributed by atoms with E-state index in [-0.39, 0.29) is 52.7 Å². The number of imidazole rings is 1. The predicted molar refractivity (Wildman–Crippen MR) is 177 cm³/mol. The van der Waals surface area contributed by atoms with Gasteiger partial charge in [0, 0.05) is 51.6 Å². The molecule has 0 unspecified atom stereocenters. The number of likely N-dealkylation sites (N-methyl/N-ethyl adjacent to an activating group) is 1. The van der Waals surface area contributed by atoms with E-state index in [2.05, 4.69) is 9.71 Å². The number of fused-ring (bicyclic) bond motifs is 1. The zero-order chi connectivity index (χ0) is 35.2. The van der Waals surface area contributed by atoms with Crippen molar-refractivity contribution < 1.29 is 40.6 Å². The Hall–Kier alpha value is -3.57. The van der Waals surface area contributed by atoms with Gasteiger partial charge in [0.15, 0.2) is 5.03 Å². The number of nitrogens with zero attached hydrogens (tertiary/aromatic N) is 4. The first-order valence-electron chi connectivity index (χ1n) is 15.7. The van der Waals surface area contributed by atoms with Crippen LogP contribution in [0.15, 0.2) is 64.9 Å². The van der Waals surface area contributed by atoms with Crippen LogP contribution in [0.5, 0.6) is 5.75 Å². The third kappa shape index (κ3) is 9.11. The van der Waals surface area contributed by atoms with Gasteiger partial charge in [-0.25, -0.2) is 26.2 Å². The highest BCUT2D eigenvalue weighted by atomic mass is 32.2. The van der Waals surface area contributed by atoms with Gasteiger partial charge in [-0.05, 0) is 75.6 Å². The standard InChI is InChI=1S/C32H44FN5O8S2/c1-22-17-38(23(2)20-39)32(40)28-16-26(35-47(41,42)27-12-9-25(33)10-13-27)11-14-29(28)46-24(3)8-6-7-15-45-30(22)18-37(5)48(43,44)31-19-36(4)21-34-31/h9-14,16,19,21-24,30,35,39H,6-8,15,17-18,20H2,1-5H3/t22-,23+,24-,30-/m0/s1. The third-order valence-corrected chi connectivity index (χ3v) is 11.3. The molecular formula is C32H44FN5O8S2. The highest BCUT2D eigenvalue weighted by molar-refractivity contribution is 7.92. The number of halogens is 1. The van der Waals surface area contributed by atoms with Crippen molar-refractivity contribution in [2.75, 3.05) is 38.1 Å². The highest BCUT2D eigenvalue weighted by Gasteiger charge is 2.33. The molecule has 0 spiro atoms. The van der Waals surface area contributed by atoms with Gasteiger partial charge < -0.3 is 24.0 Å². The zero-order valence-corrected chi connectivity index (χ0v) is 29.4. The quantitative estimate of drug-likeness (QED) is 0.339. The van der Waals surface area contributed by atoms with Crippen LogP contribution in [0.25, 0.3) is 0 Å². The molecule has 0 saturated heterocycles. The number of aliphatic hydroxyl groups excluding tert-OH is 1. The Morgan fingerprint density at radius 1 is 1.12 bits per heavy atom. The van der Waals surface area contributed by atoms with Gasteiger partial charge in [-0.15, -0.1) is 0 Å². The highest BCUT2D eigenvalue weighted by Crippen LogP contribution is 2.30. The fraction of sp³-hybridized carbons (Fsp3) is 0.500. The number of sulfonamides is 2. The molecule has 48 heavy (non-hydrogen) atoms. The summed E-state index contributed by atoms with van der Waals surface area (Å²) >= 11 is 0. The lowest BCUT2D eigenvalue weighted by Crippen LogP contribution is -2.48. The van der Waals surface area contributed by atoms with E-state index in [1.54, 1.807) is 18.5 Å². The van der Waals surface area contributed by atoms with Gasteiger partial charge in [0.1, 0.15) is 11.6 Å². The van der Waals surface area contributed by atoms with Crippen molar-refractivity contribution in [1.82, 2.24) is 18.8 Å². The van der Waals surface area contributed by atoms with Crippen molar-refractivity contribution in [2.45, 2.75) is 68.2 Å². The minimum absolute atomic E-state index is 0.0129. The topological polar surface area (TPSA) is 160 Å². The van der Waals surface area contributed by atoms with Crippen molar-refractivity contribution >= 4 is 31.6 Å². The van der Waals surface area contributed by atoms with Gasteiger partial charge >= 0.3 is 0 Å². The molecule has 0 bridgehead atoms. The van der Waals surface area contributed by atoms with E-state index < -0.39 is 49.8 Å². The number of hydrogen-bond acceptors (Lipinski definition) is 9. The molecule has 0 saturated carbocycles. The largest absolute Gasteiger partial charge is 0.490 e.